The van der Waals surface area contributed by atoms with Gasteiger partial charge in [-0.15, -0.1) is 0 Å². The van der Waals surface area contributed by atoms with Gasteiger partial charge >= 0.3 is 0 Å². The summed E-state index contributed by atoms with van der Waals surface area (Å²) in [6.45, 7) is 1.94. The van der Waals surface area contributed by atoms with Crippen LogP contribution in [0.5, 0.6) is 0 Å². The number of hydrogen-bond acceptors (Lipinski definition) is 3. The Morgan fingerprint density at radius 1 is 1.17 bits per heavy atom. The van der Waals surface area contributed by atoms with Crippen LogP contribution in [0.4, 0.5) is 0 Å². The number of benzene rings is 1. The molecular weight excluding hydrogens is 290 g/mol. The van der Waals surface area contributed by atoms with E-state index >= 15 is 0 Å². The molecule has 0 unspecified atom stereocenters. The number of likely N-dealkylation sites (tertiary alicyclic amines) is 1. The standard InChI is InChI=1S/C18H25N3O2/c19-18(23)14-8-10-21(11-9-14)12-17(22)20-16-7-3-5-13-4-1-2-6-15(13)16/h1-2,4,6,14,16H,3,5,7-12H2,(H2,19,23)(H,20,22)/t16-/m1/s1. The molecule has 1 aromatic rings. The molecule has 1 aliphatic heterocycles. The summed E-state index contributed by atoms with van der Waals surface area (Å²) >= 11 is 0. The van der Waals surface area contributed by atoms with Crippen molar-refractivity contribution < 1.29 is 9.59 Å². The van der Waals surface area contributed by atoms with Gasteiger partial charge in [-0.1, -0.05) is 24.3 Å². The summed E-state index contributed by atoms with van der Waals surface area (Å²) in [6, 6.07) is 8.51. The van der Waals surface area contributed by atoms with E-state index in [2.05, 4.69) is 28.4 Å². The molecule has 0 radical (unpaired) electrons. The Balaban J connectivity index is 1.52. The van der Waals surface area contributed by atoms with Gasteiger partial charge in [0.25, 0.3) is 0 Å². The zero-order valence-corrected chi connectivity index (χ0v) is 13.5. The zero-order chi connectivity index (χ0) is 16.2. The van der Waals surface area contributed by atoms with Crippen molar-refractivity contribution in [2.75, 3.05) is 19.6 Å². The Labute approximate surface area is 137 Å². The van der Waals surface area contributed by atoms with Crippen LogP contribution in [0.3, 0.4) is 0 Å². The fourth-order valence-electron chi connectivity index (χ4n) is 3.72. The second-order valence-electron chi connectivity index (χ2n) is 6.66. The molecule has 5 nitrogen and oxygen atoms in total. The maximum Gasteiger partial charge on any atom is 0.234 e. The van der Waals surface area contributed by atoms with Crippen LogP contribution in [0.2, 0.25) is 0 Å². The van der Waals surface area contributed by atoms with Gasteiger partial charge in [-0.3, -0.25) is 14.5 Å². The molecule has 1 heterocycles. The fraction of sp³-hybridized carbons (Fsp3) is 0.556. The van der Waals surface area contributed by atoms with Gasteiger partial charge in [-0.2, -0.15) is 0 Å². The number of hydrogen-bond donors (Lipinski definition) is 2. The highest BCUT2D eigenvalue weighted by Crippen LogP contribution is 2.29. The molecule has 0 saturated carbocycles. The quantitative estimate of drug-likeness (QED) is 0.881. The molecule has 0 aromatic heterocycles. The molecule has 1 aromatic carbocycles. The number of nitrogens with one attached hydrogen (secondary N) is 1. The van der Waals surface area contributed by atoms with Gasteiger partial charge in [0, 0.05) is 5.92 Å². The maximum atomic E-state index is 12.4. The van der Waals surface area contributed by atoms with Gasteiger partial charge in [0.1, 0.15) is 0 Å². The Morgan fingerprint density at radius 2 is 1.91 bits per heavy atom. The summed E-state index contributed by atoms with van der Waals surface area (Å²) in [5.74, 6) is -0.170. The van der Waals surface area contributed by atoms with Crippen LogP contribution in [0.1, 0.15) is 42.9 Å². The first kappa shape index (κ1) is 16.0. The van der Waals surface area contributed by atoms with E-state index in [1.54, 1.807) is 0 Å². The molecule has 0 bridgehead atoms. The maximum absolute atomic E-state index is 12.4. The Hall–Kier alpha value is -1.88. The van der Waals surface area contributed by atoms with E-state index in [0.717, 1.165) is 45.2 Å². The predicted octanol–water partition coefficient (Wildman–Crippen LogP) is 1.38. The van der Waals surface area contributed by atoms with Gasteiger partial charge in [-0.05, 0) is 56.3 Å². The third kappa shape index (κ3) is 3.91. The number of amides is 2. The summed E-state index contributed by atoms with van der Waals surface area (Å²) in [4.78, 5) is 25.7. The number of primary amides is 1. The Bertz CT molecular complexity index is 579. The SMILES string of the molecule is NC(=O)C1CCN(CC(=O)N[C@@H]2CCCc3ccccc32)CC1. The first-order valence-electron chi connectivity index (χ1n) is 8.52. The van der Waals surface area contributed by atoms with Crippen LogP contribution in [-0.4, -0.2) is 36.3 Å². The fourth-order valence-corrected chi connectivity index (χ4v) is 3.72. The molecule has 23 heavy (non-hydrogen) atoms. The Kier molecular flexibility index (Phi) is 4.96. The van der Waals surface area contributed by atoms with Gasteiger partial charge in [0.2, 0.25) is 11.8 Å². The first-order chi connectivity index (χ1) is 11.1. The van der Waals surface area contributed by atoms with Gasteiger partial charge in [0.15, 0.2) is 0 Å². The number of carbonyl (C=O) groups excluding carboxylic acids is 2. The third-order valence-corrected chi connectivity index (χ3v) is 5.06. The lowest BCUT2D eigenvalue weighted by molar-refractivity contribution is -0.124. The minimum absolute atomic E-state index is 0.0282. The second-order valence-corrected chi connectivity index (χ2v) is 6.66. The van der Waals surface area contributed by atoms with E-state index in [4.69, 9.17) is 5.73 Å². The molecular formula is C18H25N3O2. The number of nitrogens with zero attached hydrogens (tertiary/aromatic N) is 1. The van der Waals surface area contributed by atoms with Crippen molar-refractivity contribution in [3.8, 4) is 0 Å². The van der Waals surface area contributed by atoms with Gasteiger partial charge in [-0.25, -0.2) is 0 Å². The van der Waals surface area contributed by atoms with Crippen molar-refractivity contribution in [2.24, 2.45) is 11.7 Å². The monoisotopic (exact) mass is 315 g/mol. The minimum atomic E-state index is -0.215. The van der Waals surface area contributed by atoms with Crippen molar-refractivity contribution in [3.63, 3.8) is 0 Å². The molecule has 5 heteroatoms. The normalized spacial score (nSPS) is 22.3. The average molecular weight is 315 g/mol. The van der Waals surface area contributed by atoms with E-state index < -0.39 is 0 Å². The van der Waals surface area contributed by atoms with Crippen molar-refractivity contribution in [1.29, 1.82) is 0 Å². The summed E-state index contributed by atoms with van der Waals surface area (Å²) in [5.41, 5.74) is 7.96. The molecule has 3 rings (SSSR count). The van der Waals surface area contributed by atoms with Crippen molar-refractivity contribution in [3.05, 3.63) is 35.4 Å². The number of rotatable bonds is 4. The number of carbonyl (C=O) groups is 2. The number of aryl methyl sites for hydroxylation is 1. The number of piperidine rings is 1. The van der Waals surface area contributed by atoms with Gasteiger partial charge in [0.05, 0.1) is 12.6 Å². The van der Waals surface area contributed by atoms with E-state index in [0.29, 0.717) is 6.54 Å². The van der Waals surface area contributed by atoms with E-state index in [9.17, 15) is 9.59 Å². The highest BCUT2D eigenvalue weighted by Gasteiger charge is 2.26. The smallest absolute Gasteiger partial charge is 0.234 e. The van der Waals surface area contributed by atoms with Crippen molar-refractivity contribution in [2.45, 2.75) is 38.1 Å². The van der Waals surface area contributed by atoms with Crippen LogP contribution >= 0.6 is 0 Å². The lowest BCUT2D eigenvalue weighted by atomic mass is 9.88. The molecule has 0 spiro atoms. The highest BCUT2D eigenvalue weighted by molar-refractivity contribution is 5.79. The average Bonchev–Trinajstić information content (AvgIpc) is 2.55. The topological polar surface area (TPSA) is 75.4 Å². The molecule has 124 valence electrons. The lowest BCUT2D eigenvalue weighted by Crippen LogP contribution is -2.44. The zero-order valence-electron chi connectivity index (χ0n) is 13.5. The van der Waals surface area contributed by atoms with Crippen LogP contribution in [0.25, 0.3) is 0 Å². The highest BCUT2D eigenvalue weighted by atomic mass is 16.2. The Morgan fingerprint density at radius 3 is 2.65 bits per heavy atom. The molecule has 1 saturated heterocycles. The third-order valence-electron chi connectivity index (χ3n) is 5.06. The summed E-state index contributed by atoms with van der Waals surface area (Å²) in [5, 5.41) is 3.18. The molecule has 2 amide bonds. The van der Waals surface area contributed by atoms with Gasteiger partial charge < -0.3 is 11.1 Å². The predicted molar refractivity (Wildman–Crippen MR) is 88.6 cm³/mol. The van der Waals surface area contributed by atoms with Crippen molar-refractivity contribution >= 4 is 11.8 Å². The van der Waals surface area contributed by atoms with Crippen molar-refractivity contribution in [1.82, 2.24) is 10.2 Å². The van der Waals surface area contributed by atoms with Crippen LogP contribution in [0, 0.1) is 5.92 Å². The van der Waals surface area contributed by atoms with E-state index in [1.165, 1.54) is 11.1 Å². The summed E-state index contributed by atoms with van der Waals surface area (Å²) in [7, 11) is 0. The van der Waals surface area contributed by atoms with E-state index in [-0.39, 0.29) is 23.8 Å². The molecule has 1 atom stereocenters. The van der Waals surface area contributed by atoms with Crippen LogP contribution in [-0.2, 0) is 16.0 Å². The summed E-state index contributed by atoms with van der Waals surface area (Å²) in [6.07, 6.45) is 4.74. The second kappa shape index (κ2) is 7.13. The van der Waals surface area contributed by atoms with Crippen LogP contribution < -0.4 is 11.1 Å². The minimum Gasteiger partial charge on any atom is -0.369 e. The molecule has 2 aliphatic rings. The van der Waals surface area contributed by atoms with E-state index in [1.807, 2.05) is 6.07 Å². The summed E-state index contributed by atoms with van der Waals surface area (Å²) < 4.78 is 0. The number of fused-ring (bicyclic) bond motifs is 1. The molecule has 3 N–H and O–H groups in total. The molecule has 1 fully saturated rings. The first-order valence-corrected chi connectivity index (χ1v) is 8.52. The number of nitrogens with two attached hydrogens (primary N) is 1. The lowest BCUT2D eigenvalue weighted by Gasteiger charge is -2.31. The van der Waals surface area contributed by atoms with Crippen LogP contribution in [0.15, 0.2) is 24.3 Å². The largest absolute Gasteiger partial charge is 0.369 e. The molecule has 1 aliphatic carbocycles.